The van der Waals surface area contributed by atoms with Gasteiger partial charge < -0.3 is 43.0 Å². The van der Waals surface area contributed by atoms with Crippen LogP contribution in [0.4, 0.5) is 11.4 Å². The number of anilines is 2. The van der Waals surface area contributed by atoms with Gasteiger partial charge in [-0.25, -0.2) is 9.97 Å². The molecule has 0 aliphatic heterocycles. The van der Waals surface area contributed by atoms with Crippen molar-refractivity contribution >= 4 is 55.0 Å². The van der Waals surface area contributed by atoms with Crippen LogP contribution in [0.15, 0.2) is 180 Å². The predicted molar refractivity (Wildman–Crippen MR) is 322 cm³/mol. The molecule has 2 amide bonds. The van der Waals surface area contributed by atoms with Crippen molar-refractivity contribution < 1.29 is 67.9 Å². The van der Waals surface area contributed by atoms with E-state index < -0.39 is 20.2 Å². The zero-order valence-corrected chi connectivity index (χ0v) is 50.3. The number of carbonyl (C=O) groups is 2. The predicted octanol–water partition coefficient (Wildman–Crippen LogP) is 12.5. The number of carbonyl (C=O) groups excluding carboxylic acids is 2. The van der Waals surface area contributed by atoms with Crippen molar-refractivity contribution in [3.8, 4) is 52.0 Å². The number of rotatable bonds is 27. The molecule has 8 rings (SSSR count). The Labute approximate surface area is 500 Å². The molecule has 8 aromatic rings. The van der Waals surface area contributed by atoms with Gasteiger partial charge in [0.1, 0.15) is 51.6 Å². The van der Waals surface area contributed by atoms with Gasteiger partial charge in [0.2, 0.25) is 23.6 Å². The highest BCUT2D eigenvalue weighted by atomic mass is 35.5. The summed E-state index contributed by atoms with van der Waals surface area (Å²) in [7, 11) is -3.05. The lowest BCUT2D eigenvalue weighted by atomic mass is 10.1. The molecule has 19 nitrogen and oxygen atoms in total. The third-order valence-corrected chi connectivity index (χ3v) is 15.4. The monoisotopic (exact) mass is 1220 g/mol. The van der Waals surface area contributed by atoms with Gasteiger partial charge in [0.25, 0.3) is 20.2 Å². The summed E-state index contributed by atoms with van der Waals surface area (Å²) in [6.07, 6.45) is 3.79. The molecule has 446 valence electrons. The Balaban J connectivity index is 0.000000244. The number of aryl methyl sites for hydroxylation is 2. The SMILES string of the molecule is COc1ccc(OCCCOS(=O)(=O)c2ccc(C)cc2)c(CN(C(C)=O)c2cccnc2Oc2ccc(Cl)cc2)c1.COc1ccc(Oc2ncccc2N(Cc2cc(OC)ccc2OCCCOS(=O)(=O)c2ccc(C)cc2)C(C)=O)cc1. The number of pyridine rings is 2. The van der Waals surface area contributed by atoms with Crippen molar-refractivity contribution in [2.45, 2.75) is 63.4 Å². The van der Waals surface area contributed by atoms with Crippen LogP contribution in [0.3, 0.4) is 0 Å². The van der Waals surface area contributed by atoms with Gasteiger partial charge in [-0.15, -0.1) is 0 Å². The van der Waals surface area contributed by atoms with E-state index in [1.54, 1.807) is 167 Å². The van der Waals surface area contributed by atoms with E-state index in [9.17, 15) is 26.4 Å². The van der Waals surface area contributed by atoms with E-state index in [4.69, 9.17) is 53.1 Å². The molecule has 85 heavy (non-hydrogen) atoms. The molecular weight excluding hydrogens is 1150 g/mol. The smallest absolute Gasteiger partial charge is 0.296 e. The van der Waals surface area contributed by atoms with Gasteiger partial charge in [-0.05, 0) is 147 Å². The van der Waals surface area contributed by atoms with Crippen LogP contribution in [0, 0.1) is 13.8 Å². The Morgan fingerprint density at radius 3 is 1.21 bits per heavy atom. The standard InChI is InChI=1S/C32H34N2O8S.C31H31ClN2O7S/c1-23-8-15-29(16-9-23)43(36,37)41-20-6-19-40-31-17-14-28(39-4)21-25(31)22-34(24(2)35)30-7-5-18-33-32(30)42-27-12-10-26(38-3)11-13-27;1-22-7-14-28(15-8-22)42(36,37)40-19-5-18-39-30-16-13-27(38-3)20-24(30)21-34(23(2)35)29-6-4-17-33-31(29)41-26-11-9-25(32)10-12-26/h5,7-18,21H,6,19-20,22H2,1-4H3;4,6-17,20H,5,18-19,21H2,1-3H3. The number of nitrogens with zero attached hydrogens (tertiary/aromatic N) is 4. The van der Waals surface area contributed by atoms with Gasteiger partial charge >= 0.3 is 0 Å². The molecule has 0 saturated carbocycles. The maximum Gasteiger partial charge on any atom is 0.296 e. The quantitative estimate of drug-likeness (QED) is 0.0345. The van der Waals surface area contributed by atoms with E-state index >= 15 is 0 Å². The molecule has 0 spiro atoms. The molecule has 0 fully saturated rings. The minimum Gasteiger partial charge on any atom is -0.497 e. The Morgan fingerprint density at radius 2 is 0.835 bits per heavy atom. The molecular formula is C63H65ClN4O15S2. The fourth-order valence-electron chi connectivity index (χ4n) is 8.04. The van der Waals surface area contributed by atoms with Crippen LogP contribution in [0.5, 0.6) is 52.0 Å². The number of aromatic nitrogens is 2. The van der Waals surface area contributed by atoms with Crippen molar-refractivity contribution in [1.29, 1.82) is 0 Å². The van der Waals surface area contributed by atoms with E-state index in [1.165, 1.54) is 47.9 Å². The molecule has 0 N–H and O–H groups in total. The molecule has 0 aliphatic carbocycles. The largest absolute Gasteiger partial charge is 0.497 e. The fraction of sp³-hybridized carbons (Fsp3) is 0.238. The maximum absolute atomic E-state index is 12.9. The lowest BCUT2D eigenvalue weighted by Gasteiger charge is -2.24. The maximum atomic E-state index is 12.9. The van der Waals surface area contributed by atoms with Gasteiger partial charge in [-0.3, -0.25) is 18.0 Å². The normalized spacial score (nSPS) is 11.1. The number of ether oxygens (including phenoxy) is 7. The zero-order valence-electron chi connectivity index (χ0n) is 47.9. The van der Waals surface area contributed by atoms with Crippen LogP contribution in [0.1, 0.15) is 48.9 Å². The zero-order chi connectivity index (χ0) is 60.9. The van der Waals surface area contributed by atoms with Crippen LogP contribution in [-0.2, 0) is 51.3 Å². The average molecular weight is 1220 g/mol. The van der Waals surface area contributed by atoms with Crippen molar-refractivity contribution in [2.75, 3.05) is 57.6 Å². The average Bonchev–Trinajstić information content (AvgIpc) is 3.70. The Morgan fingerprint density at radius 1 is 0.471 bits per heavy atom. The second kappa shape index (κ2) is 30.7. The van der Waals surface area contributed by atoms with E-state index in [0.717, 1.165) is 11.1 Å². The summed E-state index contributed by atoms with van der Waals surface area (Å²) in [5.41, 5.74) is 4.17. The highest BCUT2D eigenvalue weighted by Gasteiger charge is 2.24. The number of halogens is 1. The number of benzene rings is 6. The van der Waals surface area contributed by atoms with Crippen molar-refractivity contribution in [2.24, 2.45) is 0 Å². The Bertz CT molecular complexity index is 3730. The molecule has 0 unspecified atom stereocenters. The molecule has 0 bridgehead atoms. The molecule has 2 aromatic heterocycles. The first kappa shape index (κ1) is 63.8. The van der Waals surface area contributed by atoms with Crippen molar-refractivity contribution in [3.63, 3.8) is 0 Å². The summed E-state index contributed by atoms with van der Waals surface area (Å²) in [4.78, 5) is 37.8. The molecule has 0 aliphatic rings. The number of methoxy groups -OCH3 is 3. The van der Waals surface area contributed by atoms with E-state index in [2.05, 4.69) is 9.97 Å². The second-order valence-electron chi connectivity index (χ2n) is 18.7. The third kappa shape index (κ3) is 18.6. The first-order valence-electron chi connectivity index (χ1n) is 26.6. The summed E-state index contributed by atoms with van der Waals surface area (Å²) in [5, 5.41) is 0.568. The van der Waals surface area contributed by atoms with Crippen LogP contribution in [0.2, 0.25) is 5.02 Å². The van der Waals surface area contributed by atoms with E-state index in [1.807, 2.05) is 13.8 Å². The molecule has 22 heteroatoms. The van der Waals surface area contributed by atoms with Gasteiger partial charge in [-0.1, -0.05) is 47.0 Å². The molecule has 0 radical (unpaired) electrons. The summed E-state index contributed by atoms with van der Waals surface area (Å²) in [5.74, 6) is 3.92. The van der Waals surface area contributed by atoms with Crippen LogP contribution < -0.4 is 43.0 Å². The third-order valence-electron chi connectivity index (χ3n) is 12.5. The summed E-state index contributed by atoms with van der Waals surface area (Å²) < 4.78 is 100. The summed E-state index contributed by atoms with van der Waals surface area (Å²) in [6.45, 7) is 7.18. The molecule has 0 atom stereocenters. The lowest BCUT2D eigenvalue weighted by molar-refractivity contribution is -0.117. The minimum absolute atomic E-state index is 0.0526. The van der Waals surface area contributed by atoms with E-state index in [0.29, 0.717) is 80.6 Å². The van der Waals surface area contributed by atoms with Gasteiger partial charge in [0.15, 0.2) is 0 Å². The summed E-state index contributed by atoms with van der Waals surface area (Å²) in [6, 6.07) is 44.2. The topological polar surface area (TPSA) is 218 Å². The van der Waals surface area contributed by atoms with Crippen LogP contribution in [-0.4, -0.2) is 86.4 Å². The van der Waals surface area contributed by atoms with Gasteiger partial charge in [0.05, 0.1) is 70.6 Å². The Hall–Kier alpha value is -8.73. The van der Waals surface area contributed by atoms with Crippen LogP contribution in [0.25, 0.3) is 0 Å². The minimum atomic E-state index is -3.87. The first-order chi connectivity index (χ1) is 40.9. The number of amides is 2. The van der Waals surface area contributed by atoms with Crippen molar-refractivity contribution in [1.82, 2.24) is 9.97 Å². The lowest BCUT2D eigenvalue weighted by Crippen LogP contribution is -2.28. The van der Waals surface area contributed by atoms with Crippen molar-refractivity contribution in [3.05, 3.63) is 197 Å². The second-order valence-corrected chi connectivity index (χ2v) is 22.4. The van der Waals surface area contributed by atoms with Crippen LogP contribution >= 0.6 is 11.6 Å². The Kier molecular flexibility index (Phi) is 23.1. The number of hydrogen-bond acceptors (Lipinski definition) is 17. The van der Waals surface area contributed by atoms with Gasteiger partial charge in [-0.2, -0.15) is 16.8 Å². The highest BCUT2D eigenvalue weighted by Crippen LogP contribution is 2.36. The summed E-state index contributed by atoms with van der Waals surface area (Å²) >= 11 is 5.99. The molecule has 6 aromatic carbocycles. The van der Waals surface area contributed by atoms with E-state index in [-0.39, 0.29) is 72.9 Å². The molecule has 2 heterocycles. The number of hydrogen-bond donors (Lipinski definition) is 0. The highest BCUT2D eigenvalue weighted by molar-refractivity contribution is 7.87. The fourth-order valence-corrected chi connectivity index (χ4v) is 10.0. The van der Waals surface area contributed by atoms with Gasteiger partial charge in [0, 0.05) is 55.2 Å². The molecule has 0 saturated heterocycles. The first-order valence-corrected chi connectivity index (χ1v) is 29.8.